The molecule has 7 nitrogen and oxygen atoms in total. The molecule has 0 aromatic rings. The molecule has 0 amide bonds. The van der Waals surface area contributed by atoms with Gasteiger partial charge in [-0.3, -0.25) is 0 Å². The Bertz CT molecular complexity index is 196. The molecule has 0 bridgehead atoms. The van der Waals surface area contributed by atoms with Crippen LogP contribution in [-0.4, -0.2) is 50.7 Å². The number of carbonyl (C=O) groups is 1. The summed E-state index contributed by atoms with van der Waals surface area (Å²) in [4.78, 5) is 8.56. The van der Waals surface area contributed by atoms with Crippen LogP contribution in [0.2, 0.25) is 0 Å². The summed E-state index contributed by atoms with van der Waals surface area (Å²) in [6.45, 7) is 9.57. The van der Waals surface area contributed by atoms with Crippen molar-refractivity contribution in [3.63, 3.8) is 0 Å². The van der Waals surface area contributed by atoms with Crippen molar-refractivity contribution in [2.24, 2.45) is 5.73 Å². The highest BCUT2D eigenvalue weighted by atomic mass is 28.4. The zero-order valence-corrected chi connectivity index (χ0v) is 12.5. The average Bonchev–Trinajstić information content (AvgIpc) is 2.28. The van der Waals surface area contributed by atoms with Gasteiger partial charge < -0.3 is 29.2 Å². The Labute approximate surface area is 109 Å². The summed E-state index contributed by atoms with van der Waals surface area (Å²) in [6.07, 6.45) is -1.02. The van der Waals surface area contributed by atoms with Crippen LogP contribution in [0.3, 0.4) is 0 Å². The summed E-state index contributed by atoms with van der Waals surface area (Å²) in [5, 5.41) is 13.9. The first-order valence-electron chi connectivity index (χ1n) is 5.99. The summed E-state index contributed by atoms with van der Waals surface area (Å²) in [5.41, 5.74) is 5.87. The van der Waals surface area contributed by atoms with E-state index >= 15 is 0 Å². The minimum absolute atomic E-state index is 0.123. The van der Waals surface area contributed by atoms with Gasteiger partial charge in [0.15, 0.2) is 0 Å². The lowest BCUT2D eigenvalue weighted by atomic mass is 10.5. The lowest BCUT2D eigenvalue weighted by Crippen LogP contribution is -2.60. The molecule has 0 aliphatic rings. The second-order valence-corrected chi connectivity index (χ2v) is 6.01. The third-order valence-corrected chi connectivity index (χ3v) is 5.32. The summed E-state index contributed by atoms with van der Waals surface area (Å²) >= 11 is 0. The first kappa shape index (κ1) is 19.7. The molecule has 0 aliphatic carbocycles. The molecule has 18 heavy (non-hydrogen) atoms. The van der Waals surface area contributed by atoms with E-state index in [4.69, 9.17) is 34.0 Å². The predicted octanol–water partition coefficient (Wildman–Crippen LogP) is 1.53. The smallest absolute Gasteiger partial charge is 0.450 e. The Balaban J connectivity index is 0. The SMILES string of the molecule is CCO[Si](OCC)(OCC)C(N)CC.O=C(O)O. The Kier molecular flexibility index (Phi) is 12.5. The molecule has 0 spiro atoms. The van der Waals surface area contributed by atoms with E-state index in [1.165, 1.54) is 0 Å². The number of hydrogen-bond acceptors (Lipinski definition) is 5. The lowest BCUT2D eigenvalue weighted by molar-refractivity contribution is 0.0618. The predicted molar refractivity (Wildman–Crippen MR) is 69.6 cm³/mol. The van der Waals surface area contributed by atoms with Crippen LogP contribution in [0, 0.1) is 0 Å². The van der Waals surface area contributed by atoms with Gasteiger partial charge in [0, 0.05) is 19.8 Å². The first-order chi connectivity index (χ1) is 8.40. The van der Waals surface area contributed by atoms with Gasteiger partial charge in [-0.1, -0.05) is 6.92 Å². The van der Waals surface area contributed by atoms with Gasteiger partial charge in [0.05, 0.1) is 5.67 Å². The zero-order chi connectivity index (χ0) is 14.6. The molecule has 8 heteroatoms. The van der Waals surface area contributed by atoms with E-state index in [1.807, 2.05) is 27.7 Å². The van der Waals surface area contributed by atoms with Crippen LogP contribution in [0.4, 0.5) is 4.79 Å². The van der Waals surface area contributed by atoms with Crippen LogP contribution >= 0.6 is 0 Å². The topological polar surface area (TPSA) is 111 Å². The average molecular weight is 283 g/mol. The minimum Gasteiger partial charge on any atom is -0.450 e. The van der Waals surface area contributed by atoms with Crippen LogP contribution in [-0.2, 0) is 13.3 Å². The molecule has 0 aromatic heterocycles. The largest absolute Gasteiger partial charge is 0.518 e. The van der Waals surface area contributed by atoms with E-state index in [9.17, 15) is 0 Å². The Morgan fingerprint density at radius 1 is 1.06 bits per heavy atom. The quantitative estimate of drug-likeness (QED) is 0.579. The summed E-state index contributed by atoms with van der Waals surface area (Å²) in [5.74, 6) is 0. The second-order valence-electron chi connectivity index (χ2n) is 3.20. The third kappa shape index (κ3) is 8.42. The van der Waals surface area contributed by atoms with Crippen molar-refractivity contribution >= 4 is 15.0 Å². The van der Waals surface area contributed by atoms with E-state index in [0.29, 0.717) is 19.8 Å². The van der Waals surface area contributed by atoms with Crippen molar-refractivity contribution in [1.82, 2.24) is 0 Å². The molecule has 0 aromatic carbocycles. The maximum Gasteiger partial charge on any atom is 0.518 e. The molecule has 0 saturated heterocycles. The van der Waals surface area contributed by atoms with Crippen LogP contribution in [0.15, 0.2) is 0 Å². The van der Waals surface area contributed by atoms with Gasteiger partial charge in [-0.15, -0.1) is 0 Å². The van der Waals surface area contributed by atoms with Crippen molar-refractivity contribution in [1.29, 1.82) is 0 Å². The molecule has 0 radical (unpaired) electrons. The molecule has 0 fully saturated rings. The van der Waals surface area contributed by atoms with Crippen molar-refractivity contribution < 1.29 is 28.3 Å². The van der Waals surface area contributed by atoms with Crippen molar-refractivity contribution in [3.05, 3.63) is 0 Å². The van der Waals surface area contributed by atoms with Gasteiger partial charge in [0.1, 0.15) is 0 Å². The summed E-state index contributed by atoms with van der Waals surface area (Å²) < 4.78 is 16.9. The van der Waals surface area contributed by atoms with Gasteiger partial charge in [0.2, 0.25) is 0 Å². The fourth-order valence-electron chi connectivity index (χ4n) is 1.30. The number of rotatable bonds is 8. The molecule has 0 heterocycles. The maximum atomic E-state index is 8.56. The molecular formula is C10H25NO6Si. The van der Waals surface area contributed by atoms with Crippen molar-refractivity contribution in [2.45, 2.75) is 39.8 Å². The monoisotopic (exact) mass is 283 g/mol. The summed E-state index contributed by atoms with van der Waals surface area (Å²) in [7, 11) is -2.62. The van der Waals surface area contributed by atoms with E-state index in [0.717, 1.165) is 6.42 Å². The fraction of sp³-hybridized carbons (Fsp3) is 0.900. The standard InChI is InChI=1S/C9H23NO3Si.CH2O3/c1-5-9(10)14(11-6-2,12-7-3)13-8-4;2-1(3)4/h9H,5-8,10H2,1-4H3;(H2,2,3,4). The van der Waals surface area contributed by atoms with E-state index in [1.54, 1.807) is 0 Å². The van der Waals surface area contributed by atoms with E-state index in [2.05, 4.69) is 0 Å². The van der Waals surface area contributed by atoms with Gasteiger partial charge in [-0.2, -0.15) is 0 Å². The van der Waals surface area contributed by atoms with Crippen LogP contribution in [0.1, 0.15) is 34.1 Å². The molecule has 0 rings (SSSR count). The fourth-order valence-corrected chi connectivity index (χ4v) is 3.90. The minimum atomic E-state index is -2.62. The Morgan fingerprint density at radius 2 is 1.33 bits per heavy atom. The van der Waals surface area contributed by atoms with Crippen molar-refractivity contribution in [3.8, 4) is 0 Å². The summed E-state index contributed by atoms with van der Waals surface area (Å²) in [6, 6.07) is 0. The number of nitrogens with two attached hydrogens (primary N) is 1. The van der Waals surface area contributed by atoms with Gasteiger partial charge in [0.25, 0.3) is 0 Å². The highest BCUT2D eigenvalue weighted by molar-refractivity contribution is 6.62. The maximum absolute atomic E-state index is 8.56. The first-order valence-corrected chi connectivity index (χ1v) is 7.79. The molecule has 110 valence electrons. The van der Waals surface area contributed by atoms with Gasteiger partial charge in [-0.05, 0) is 27.2 Å². The lowest BCUT2D eigenvalue weighted by Gasteiger charge is -2.32. The van der Waals surface area contributed by atoms with Crippen LogP contribution in [0.5, 0.6) is 0 Å². The number of carboxylic acid groups (broad SMARTS) is 2. The molecule has 4 N–H and O–H groups in total. The Morgan fingerprint density at radius 3 is 1.50 bits per heavy atom. The number of hydrogen-bond donors (Lipinski definition) is 3. The van der Waals surface area contributed by atoms with Gasteiger partial charge >= 0.3 is 15.0 Å². The zero-order valence-electron chi connectivity index (χ0n) is 11.5. The Hall–Kier alpha value is -0.673. The molecule has 1 atom stereocenters. The molecule has 0 saturated carbocycles. The van der Waals surface area contributed by atoms with Crippen LogP contribution in [0.25, 0.3) is 0 Å². The third-order valence-electron chi connectivity index (χ3n) is 1.93. The normalized spacial score (nSPS) is 12.5. The second kappa shape index (κ2) is 11.4. The molecule has 0 aliphatic heterocycles. The van der Waals surface area contributed by atoms with Gasteiger partial charge in [-0.25, -0.2) is 4.79 Å². The van der Waals surface area contributed by atoms with E-state index in [-0.39, 0.29) is 5.67 Å². The molecule has 1 unspecified atom stereocenters. The highest BCUT2D eigenvalue weighted by Crippen LogP contribution is 2.15. The van der Waals surface area contributed by atoms with Crippen molar-refractivity contribution in [2.75, 3.05) is 19.8 Å². The highest BCUT2D eigenvalue weighted by Gasteiger charge is 2.46. The molecular weight excluding hydrogens is 258 g/mol. The van der Waals surface area contributed by atoms with Crippen LogP contribution < -0.4 is 5.73 Å². The van der Waals surface area contributed by atoms with E-state index < -0.39 is 15.0 Å².